The molecule has 2 aromatic heterocycles. The van der Waals surface area contributed by atoms with Crippen LogP contribution in [0.4, 0.5) is 18.9 Å². The first-order chi connectivity index (χ1) is 19.9. The van der Waals surface area contributed by atoms with E-state index in [2.05, 4.69) is 0 Å². The van der Waals surface area contributed by atoms with Gasteiger partial charge < -0.3 is 9.64 Å². The maximum atomic E-state index is 14.4. The van der Waals surface area contributed by atoms with E-state index in [0.29, 0.717) is 65.4 Å². The lowest BCUT2D eigenvalue weighted by Gasteiger charge is -2.35. The zero-order valence-corrected chi connectivity index (χ0v) is 24.5. The molecule has 0 saturated carbocycles. The maximum Gasteiger partial charge on any atom is 0.416 e. The van der Waals surface area contributed by atoms with E-state index >= 15 is 0 Å². The number of aromatic nitrogens is 2. The first kappa shape index (κ1) is 28.6. The summed E-state index contributed by atoms with van der Waals surface area (Å²) < 4.78 is 48.9. The fourth-order valence-electron chi connectivity index (χ4n) is 5.62. The Hall–Kier alpha value is -3.47. The van der Waals surface area contributed by atoms with Crippen LogP contribution in [0.2, 0.25) is 5.02 Å². The van der Waals surface area contributed by atoms with Crippen LogP contribution in [-0.4, -0.2) is 41.6 Å². The Bertz CT molecular complexity index is 1740. The van der Waals surface area contributed by atoms with Crippen molar-refractivity contribution in [2.75, 3.05) is 31.2 Å². The predicted octanol–water partition coefficient (Wildman–Crippen LogP) is 7.29. The van der Waals surface area contributed by atoms with E-state index in [1.54, 1.807) is 23.6 Å². The van der Waals surface area contributed by atoms with Gasteiger partial charge in [0.15, 0.2) is 5.78 Å². The number of ether oxygens (including phenoxy) is 1. The zero-order valence-electron chi connectivity index (χ0n) is 22.9. The number of fused-ring (bicyclic) bond motifs is 1. The summed E-state index contributed by atoms with van der Waals surface area (Å²) in [5.41, 5.74) is 1.01. The maximum absolute atomic E-state index is 14.4. The van der Waals surface area contributed by atoms with Crippen LogP contribution in [0.15, 0.2) is 58.7 Å². The molecule has 1 fully saturated rings. The summed E-state index contributed by atoms with van der Waals surface area (Å²) in [6.45, 7) is 5.57. The highest BCUT2D eigenvalue weighted by Crippen LogP contribution is 2.40. The number of nitrogens with zero attached hydrogens (tertiary/aromatic N) is 3. The quantitative estimate of drug-likeness (QED) is 0.242. The van der Waals surface area contributed by atoms with Crippen molar-refractivity contribution in [1.82, 2.24) is 9.55 Å². The average Bonchev–Trinajstić information content (AvgIpc) is 3.42. The van der Waals surface area contributed by atoms with Gasteiger partial charge in [-0.3, -0.25) is 14.2 Å². The van der Waals surface area contributed by atoms with Crippen molar-refractivity contribution in [3.05, 3.63) is 86.1 Å². The summed E-state index contributed by atoms with van der Waals surface area (Å²) in [6.07, 6.45) is -4.03. The third kappa shape index (κ3) is 5.39. The monoisotopic (exact) mass is 613 g/mol. The van der Waals surface area contributed by atoms with Crippen LogP contribution >= 0.6 is 22.9 Å². The summed E-state index contributed by atoms with van der Waals surface area (Å²) in [5, 5.41) is 2.75. The van der Waals surface area contributed by atoms with E-state index in [0.717, 1.165) is 17.7 Å². The molecule has 218 valence electrons. The Morgan fingerprint density at radius 3 is 2.36 bits per heavy atom. The Morgan fingerprint density at radius 2 is 1.67 bits per heavy atom. The molecule has 6 nitrogen and oxygen atoms in total. The van der Waals surface area contributed by atoms with E-state index in [1.807, 2.05) is 30.9 Å². The highest BCUT2D eigenvalue weighted by Gasteiger charge is 2.37. The molecular weight excluding hydrogens is 587 g/mol. The van der Waals surface area contributed by atoms with Gasteiger partial charge in [-0.25, -0.2) is 4.98 Å². The lowest BCUT2D eigenvalue weighted by molar-refractivity contribution is -0.137. The van der Waals surface area contributed by atoms with Crippen molar-refractivity contribution in [3.8, 4) is 27.5 Å². The number of halogens is 4. The fraction of sp³-hybridized carbons (Fsp3) is 0.323. The van der Waals surface area contributed by atoms with Crippen molar-refractivity contribution in [1.29, 1.82) is 0 Å². The van der Waals surface area contributed by atoms with Crippen molar-refractivity contribution in [2.24, 2.45) is 5.41 Å². The molecule has 42 heavy (non-hydrogen) atoms. The minimum atomic E-state index is -4.63. The Morgan fingerprint density at radius 1 is 0.952 bits per heavy atom. The standard InChI is InChI=1S/C31H27ClF3N3O3S/c1-30(2)15-26-21(27(39)16-30)14-22(28-36-23(17-42-28)18-3-6-20(32)7-4-18)29(40)38(26)25-13-19(31(33,34)35)5-8-24(25)37-9-11-41-12-10-37/h3-8,13-14,17H,9-12,15-16H2,1-2H3. The molecule has 0 N–H and O–H groups in total. The minimum Gasteiger partial charge on any atom is -0.378 e. The number of morpholine rings is 1. The van der Waals surface area contributed by atoms with E-state index in [1.165, 1.54) is 22.0 Å². The predicted molar refractivity (Wildman–Crippen MR) is 158 cm³/mol. The van der Waals surface area contributed by atoms with Gasteiger partial charge >= 0.3 is 6.18 Å². The Kier molecular flexibility index (Phi) is 7.27. The number of benzene rings is 2. The van der Waals surface area contributed by atoms with Crippen LogP contribution in [0.1, 0.15) is 41.9 Å². The first-order valence-corrected chi connectivity index (χ1v) is 14.8. The number of Topliss-reactive ketones (excluding diaryl/α,β-unsaturated/α-hetero) is 1. The number of rotatable bonds is 4. The van der Waals surface area contributed by atoms with Crippen molar-refractivity contribution in [2.45, 2.75) is 32.9 Å². The topological polar surface area (TPSA) is 64.4 Å². The third-order valence-corrected chi connectivity index (χ3v) is 8.79. The van der Waals surface area contributed by atoms with E-state index in [9.17, 15) is 22.8 Å². The molecular formula is C31H27ClF3N3O3S. The van der Waals surface area contributed by atoms with Crippen LogP contribution in [0.3, 0.4) is 0 Å². The van der Waals surface area contributed by atoms with Crippen molar-refractivity contribution >= 4 is 34.4 Å². The van der Waals surface area contributed by atoms with Gasteiger partial charge in [0.05, 0.1) is 41.4 Å². The molecule has 1 aliphatic heterocycles. The second-order valence-corrected chi connectivity index (χ2v) is 12.6. The fourth-order valence-corrected chi connectivity index (χ4v) is 6.59. The van der Waals surface area contributed by atoms with Gasteiger partial charge in [0.2, 0.25) is 0 Å². The van der Waals surface area contributed by atoms with Crippen LogP contribution in [0.25, 0.3) is 27.5 Å². The summed E-state index contributed by atoms with van der Waals surface area (Å²) in [4.78, 5) is 34.5. The number of carbonyl (C=O) groups excluding carboxylic acids is 1. The molecule has 6 rings (SSSR count). The Labute approximate surface area is 249 Å². The molecule has 2 aromatic carbocycles. The van der Waals surface area contributed by atoms with Gasteiger partial charge in [-0.05, 0) is 48.2 Å². The second kappa shape index (κ2) is 10.7. The molecule has 0 atom stereocenters. The largest absolute Gasteiger partial charge is 0.416 e. The lowest BCUT2D eigenvalue weighted by Crippen LogP contribution is -2.39. The summed E-state index contributed by atoms with van der Waals surface area (Å²) in [6, 6.07) is 12.1. The number of anilines is 1. The number of hydrogen-bond donors (Lipinski definition) is 0. The number of alkyl halides is 3. The van der Waals surface area contributed by atoms with Crippen LogP contribution in [0.5, 0.6) is 0 Å². The van der Waals surface area contributed by atoms with E-state index in [-0.39, 0.29) is 23.5 Å². The summed E-state index contributed by atoms with van der Waals surface area (Å²) in [7, 11) is 0. The summed E-state index contributed by atoms with van der Waals surface area (Å²) >= 11 is 7.27. The zero-order chi connectivity index (χ0) is 29.8. The SMILES string of the molecule is CC1(C)CC(=O)c2cc(-c3nc(-c4ccc(Cl)cc4)cs3)c(=O)n(-c3cc(C(F)(F)F)ccc3N3CCOCC3)c2C1. The first-order valence-electron chi connectivity index (χ1n) is 13.5. The number of ketones is 1. The molecule has 3 heterocycles. The summed E-state index contributed by atoms with van der Waals surface area (Å²) in [5.74, 6) is -0.161. The molecule has 4 aromatic rings. The molecule has 0 unspecified atom stereocenters. The molecule has 1 aliphatic carbocycles. The smallest absolute Gasteiger partial charge is 0.378 e. The average molecular weight is 614 g/mol. The van der Waals surface area contributed by atoms with Crippen molar-refractivity contribution in [3.63, 3.8) is 0 Å². The number of thiazole rings is 1. The molecule has 0 bridgehead atoms. The molecule has 1 saturated heterocycles. The van der Waals surface area contributed by atoms with Gasteiger partial charge in [0.1, 0.15) is 5.01 Å². The molecule has 0 radical (unpaired) electrons. The molecule has 0 amide bonds. The van der Waals surface area contributed by atoms with Gasteiger partial charge in [-0.15, -0.1) is 11.3 Å². The molecule has 0 spiro atoms. The Balaban J connectivity index is 1.61. The van der Waals surface area contributed by atoms with Gasteiger partial charge in [0, 0.05) is 46.7 Å². The number of hydrogen-bond acceptors (Lipinski definition) is 6. The second-order valence-electron chi connectivity index (χ2n) is 11.3. The van der Waals surface area contributed by atoms with E-state index in [4.69, 9.17) is 21.3 Å². The van der Waals surface area contributed by atoms with Gasteiger partial charge in [-0.2, -0.15) is 13.2 Å². The van der Waals surface area contributed by atoms with Crippen LogP contribution in [0, 0.1) is 5.41 Å². The highest BCUT2D eigenvalue weighted by atomic mass is 35.5. The van der Waals surface area contributed by atoms with Crippen LogP contribution < -0.4 is 10.5 Å². The molecule has 11 heteroatoms. The normalized spacial score (nSPS) is 16.9. The lowest BCUT2D eigenvalue weighted by atomic mass is 9.75. The van der Waals surface area contributed by atoms with E-state index < -0.39 is 22.7 Å². The number of carbonyl (C=O) groups is 1. The van der Waals surface area contributed by atoms with Crippen molar-refractivity contribution < 1.29 is 22.7 Å². The third-order valence-electron chi connectivity index (χ3n) is 7.66. The molecule has 2 aliphatic rings. The highest BCUT2D eigenvalue weighted by molar-refractivity contribution is 7.13. The minimum absolute atomic E-state index is 0.0924. The van der Waals surface area contributed by atoms with Crippen LogP contribution in [-0.2, 0) is 17.3 Å². The number of pyridine rings is 1. The van der Waals surface area contributed by atoms with Gasteiger partial charge in [0.25, 0.3) is 5.56 Å². The van der Waals surface area contributed by atoms with Gasteiger partial charge in [-0.1, -0.05) is 37.6 Å².